The van der Waals surface area contributed by atoms with Crippen molar-refractivity contribution in [2.45, 2.75) is 58.3 Å². The summed E-state index contributed by atoms with van der Waals surface area (Å²) >= 11 is 0. The third kappa shape index (κ3) is 5.80. The van der Waals surface area contributed by atoms with Crippen LogP contribution in [0.5, 0.6) is 5.75 Å². The lowest BCUT2D eigenvalue weighted by Gasteiger charge is -2.27. The Kier molecular flexibility index (Phi) is 8.33. The minimum absolute atomic E-state index is 0.103. The number of ether oxygens (including phenoxy) is 1. The van der Waals surface area contributed by atoms with Crippen molar-refractivity contribution in [3.05, 3.63) is 89.8 Å². The van der Waals surface area contributed by atoms with Gasteiger partial charge in [-0.25, -0.2) is 8.78 Å². The van der Waals surface area contributed by atoms with Crippen LogP contribution in [0.4, 0.5) is 13.2 Å². The molecule has 0 aromatic heterocycles. The SMILES string of the molecule is CCC/C=C/C1CCC(c2ccc(-c3ccc(-c4ccc(OCC)c(F)c4F)cc3)c(F)c2)CC1. The highest BCUT2D eigenvalue weighted by atomic mass is 19.2. The summed E-state index contributed by atoms with van der Waals surface area (Å²) in [5, 5.41) is 0. The molecule has 0 atom stereocenters. The quantitative estimate of drug-likeness (QED) is 0.293. The van der Waals surface area contributed by atoms with Gasteiger partial charge in [0.15, 0.2) is 11.6 Å². The summed E-state index contributed by atoms with van der Waals surface area (Å²) in [6, 6.07) is 15.3. The van der Waals surface area contributed by atoms with Crippen LogP contribution in [-0.4, -0.2) is 6.61 Å². The number of rotatable bonds is 8. The van der Waals surface area contributed by atoms with Crippen LogP contribution < -0.4 is 4.74 Å². The minimum atomic E-state index is -0.999. The zero-order chi connectivity index (χ0) is 24.8. The van der Waals surface area contributed by atoms with Gasteiger partial charge in [-0.05, 0) is 85.8 Å². The van der Waals surface area contributed by atoms with Gasteiger partial charge in [-0.2, -0.15) is 4.39 Å². The molecule has 0 radical (unpaired) electrons. The Bertz CT molecular complexity index is 1160. The van der Waals surface area contributed by atoms with E-state index in [1.54, 1.807) is 37.3 Å². The van der Waals surface area contributed by atoms with E-state index in [2.05, 4.69) is 19.1 Å². The second kappa shape index (κ2) is 11.6. The Morgan fingerprint density at radius 2 is 1.46 bits per heavy atom. The summed E-state index contributed by atoms with van der Waals surface area (Å²) in [6.45, 7) is 4.16. The average molecular weight is 479 g/mol. The molecule has 3 aromatic rings. The van der Waals surface area contributed by atoms with Crippen LogP contribution >= 0.6 is 0 Å². The normalized spacial score (nSPS) is 18.2. The summed E-state index contributed by atoms with van der Waals surface area (Å²) < 4.78 is 49.0. The lowest BCUT2D eigenvalue weighted by molar-refractivity contribution is 0.314. The first kappa shape index (κ1) is 25.1. The van der Waals surface area contributed by atoms with Gasteiger partial charge in [-0.1, -0.05) is 61.9 Å². The predicted molar refractivity (Wildman–Crippen MR) is 137 cm³/mol. The van der Waals surface area contributed by atoms with Crippen LogP contribution in [0.15, 0.2) is 66.7 Å². The van der Waals surface area contributed by atoms with E-state index < -0.39 is 11.6 Å². The molecule has 3 aromatic carbocycles. The van der Waals surface area contributed by atoms with Gasteiger partial charge in [-0.15, -0.1) is 0 Å². The standard InChI is InChI=1S/C31H33F3O/c1-3-5-6-7-21-8-10-22(11-9-21)25-16-17-26(28(32)20-25)23-12-14-24(15-13-23)27-18-19-29(35-4-2)31(34)30(27)33/h6-7,12-22H,3-5,8-11H2,1-2H3/b7-6+. The highest BCUT2D eigenvalue weighted by Crippen LogP contribution is 2.38. The molecule has 0 aliphatic heterocycles. The highest BCUT2D eigenvalue weighted by molar-refractivity contribution is 5.71. The fourth-order valence-corrected chi connectivity index (χ4v) is 4.97. The number of halogens is 3. The molecule has 4 heteroatoms. The summed E-state index contributed by atoms with van der Waals surface area (Å²) in [4.78, 5) is 0. The fourth-order valence-electron chi connectivity index (χ4n) is 4.97. The molecular weight excluding hydrogens is 445 g/mol. The van der Waals surface area contributed by atoms with Crippen LogP contribution in [0.25, 0.3) is 22.3 Å². The zero-order valence-corrected chi connectivity index (χ0v) is 20.5. The van der Waals surface area contributed by atoms with E-state index in [0.29, 0.717) is 28.5 Å². The summed E-state index contributed by atoms with van der Waals surface area (Å²) in [7, 11) is 0. The fraction of sp³-hybridized carbons (Fsp3) is 0.355. The first-order chi connectivity index (χ1) is 17.0. The van der Waals surface area contributed by atoms with Crippen molar-refractivity contribution in [3.8, 4) is 28.0 Å². The molecule has 0 N–H and O–H groups in total. The van der Waals surface area contributed by atoms with E-state index in [1.165, 1.54) is 18.6 Å². The van der Waals surface area contributed by atoms with Gasteiger partial charge in [-0.3, -0.25) is 0 Å². The zero-order valence-electron chi connectivity index (χ0n) is 20.5. The molecule has 0 spiro atoms. The number of unbranched alkanes of at least 4 members (excludes halogenated alkanes) is 1. The van der Waals surface area contributed by atoms with E-state index in [9.17, 15) is 8.78 Å². The molecule has 1 aliphatic carbocycles. The molecule has 1 fully saturated rings. The topological polar surface area (TPSA) is 9.23 Å². The Morgan fingerprint density at radius 3 is 2.09 bits per heavy atom. The average Bonchev–Trinajstić information content (AvgIpc) is 2.88. The summed E-state index contributed by atoms with van der Waals surface area (Å²) in [5.74, 6) is -1.26. The Labute approximate surface area is 206 Å². The van der Waals surface area contributed by atoms with Crippen molar-refractivity contribution >= 4 is 0 Å². The lowest BCUT2D eigenvalue weighted by atomic mass is 9.78. The molecular formula is C31H33F3O. The Balaban J connectivity index is 1.47. The van der Waals surface area contributed by atoms with Gasteiger partial charge in [0.05, 0.1) is 6.61 Å². The minimum Gasteiger partial charge on any atom is -0.491 e. The number of hydrogen-bond acceptors (Lipinski definition) is 1. The molecule has 0 heterocycles. The van der Waals surface area contributed by atoms with Gasteiger partial charge in [0.2, 0.25) is 5.82 Å². The van der Waals surface area contributed by atoms with E-state index >= 15 is 4.39 Å². The Morgan fingerprint density at radius 1 is 0.800 bits per heavy atom. The smallest absolute Gasteiger partial charge is 0.201 e. The van der Waals surface area contributed by atoms with Crippen molar-refractivity contribution in [2.24, 2.45) is 5.92 Å². The predicted octanol–water partition coefficient (Wildman–Crippen LogP) is 9.47. The van der Waals surface area contributed by atoms with Gasteiger partial charge in [0, 0.05) is 11.1 Å². The first-order valence-corrected chi connectivity index (χ1v) is 12.7. The second-order valence-electron chi connectivity index (χ2n) is 9.32. The van der Waals surface area contributed by atoms with E-state index in [4.69, 9.17) is 4.74 Å². The van der Waals surface area contributed by atoms with Crippen LogP contribution in [0.1, 0.15) is 63.9 Å². The molecule has 0 unspecified atom stereocenters. The molecule has 0 saturated heterocycles. The molecule has 35 heavy (non-hydrogen) atoms. The highest BCUT2D eigenvalue weighted by Gasteiger charge is 2.22. The van der Waals surface area contributed by atoms with E-state index in [0.717, 1.165) is 37.7 Å². The molecule has 1 nitrogen and oxygen atoms in total. The van der Waals surface area contributed by atoms with Crippen molar-refractivity contribution in [1.29, 1.82) is 0 Å². The van der Waals surface area contributed by atoms with Crippen molar-refractivity contribution in [1.82, 2.24) is 0 Å². The van der Waals surface area contributed by atoms with Crippen LogP contribution in [0.2, 0.25) is 0 Å². The van der Waals surface area contributed by atoms with Gasteiger partial charge < -0.3 is 4.74 Å². The third-order valence-electron chi connectivity index (χ3n) is 6.95. The maximum absolute atomic E-state index is 15.1. The van der Waals surface area contributed by atoms with Crippen molar-refractivity contribution < 1.29 is 17.9 Å². The van der Waals surface area contributed by atoms with E-state index in [1.807, 2.05) is 12.1 Å². The molecule has 1 aliphatic rings. The number of hydrogen-bond donors (Lipinski definition) is 0. The van der Waals surface area contributed by atoms with Crippen LogP contribution in [0.3, 0.4) is 0 Å². The first-order valence-electron chi connectivity index (χ1n) is 12.7. The van der Waals surface area contributed by atoms with Crippen LogP contribution in [-0.2, 0) is 0 Å². The largest absolute Gasteiger partial charge is 0.491 e. The molecule has 0 bridgehead atoms. The lowest BCUT2D eigenvalue weighted by Crippen LogP contribution is -2.12. The van der Waals surface area contributed by atoms with Crippen molar-refractivity contribution in [3.63, 3.8) is 0 Å². The molecule has 1 saturated carbocycles. The molecule has 184 valence electrons. The van der Waals surface area contributed by atoms with Crippen molar-refractivity contribution in [2.75, 3.05) is 6.61 Å². The summed E-state index contributed by atoms with van der Waals surface area (Å²) in [6.07, 6.45) is 11.4. The van der Waals surface area contributed by atoms with Gasteiger partial charge in [0.25, 0.3) is 0 Å². The maximum atomic E-state index is 15.1. The summed E-state index contributed by atoms with van der Waals surface area (Å²) in [5.41, 5.74) is 2.94. The van der Waals surface area contributed by atoms with Gasteiger partial charge in [0.1, 0.15) is 5.82 Å². The monoisotopic (exact) mass is 478 g/mol. The van der Waals surface area contributed by atoms with Gasteiger partial charge >= 0.3 is 0 Å². The molecule has 0 amide bonds. The van der Waals surface area contributed by atoms with Crippen LogP contribution in [0, 0.1) is 23.4 Å². The molecule has 4 rings (SSSR count). The second-order valence-corrected chi connectivity index (χ2v) is 9.32. The maximum Gasteiger partial charge on any atom is 0.201 e. The Hall–Kier alpha value is -3.01. The third-order valence-corrected chi connectivity index (χ3v) is 6.95. The van der Waals surface area contributed by atoms with E-state index in [-0.39, 0.29) is 23.7 Å². The number of benzene rings is 3. The number of allylic oxidation sites excluding steroid dienone is 2.